The highest BCUT2D eigenvalue weighted by molar-refractivity contribution is 9.10. The summed E-state index contributed by atoms with van der Waals surface area (Å²) in [5, 5.41) is 3.62. The lowest BCUT2D eigenvalue weighted by molar-refractivity contribution is 0.588. The molecule has 0 unspecified atom stereocenters. The van der Waals surface area contributed by atoms with Crippen LogP contribution in [0, 0.1) is 5.82 Å². The Balaban J connectivity index is 1.92. The van der Waals surface area contributed by atoms with Crippen LogP contribution in [0.3, 0.4) is 0 Å². The van der Waals surface area contributed by atoms with E-state index in [1.807, 2.05) is 24.3 Å². The van der Waals surface area contributed by atoms with Crippen LogP contribution in [-0.2, 0) is 13.1 Å². The van der Waals surface area contributed by atoms with E-state index in [0.29, 0.717) is 23.7 Å². The first-order valence-corrected chi connectivity index (χ1v) is 6.71. The van der Waals surface area contributed by atoms with Crippen LogP contribution in [0.5, 0.6) is 0 Å². The van der Waals surface area contributed by atoms with Crippen molar-refractivity contribution < 1.29 is 4.39 Å². The van der Waals surface area contributed by atoms with E-state index in [1.165, 1.54) is 6.07 Å². The van der Waals surface area contributed by atoms with Crippen molar-refractivity contribution in [2.24, 2.45) is 0 Å². The molecule has 4 heteroatoms. The van der Waals surface area contributed by atoms with E-state index in [2.05, 4.69) is 21.2 Å². The Hall–Kier alpha value is -0.900. The second kappa shape index (κ2) is 6.32. The van der Waals surface area contributed by atoms with E-state index in [-0.39, 0.29) is 5.82 Å². The number of benzene rings is 2. The summed E-state index contributed by atoms with van der Waals surface area (Å²) in [5.74, 6) is -0.274. The first kappa shape index (κ1) is 13.5. The second-order valence-electron chi connectivity index (χ2n) is 3.97. The zero-order valence-electron chi connectivity index (χ0n) is 9.59. The summed E-state index contributed by atoms with van der Waals surface area (Å²) in [4.78, 5) is 0. The zero-order valence-corrected chi connectivity index (χ0v) is 11.9. The molecule has 1 nitrogen and oxygen atoms in total. The SMILES string of the molecule is Fc1cc(Cl)ccc1CNCc1cccc(Br)c1. The molecule has 0 fully saturated rings. The fourth-order valence-electron chi connectivity index (χ4n) is 1.65. The van der Waals surface area contributed by atoms with Gasteiger partial charge in [-0.3, -0.25) is 0 Å². The fourth-order valence-corrected chi connectivity index (χ4v) is 2.26. The summed E-state index contributed by atoms with van der Waals surface area (Å²) >= 11 is 9.11. The smallest absolute Gasteiger partial charge is 0.129 e. The summed E-state index contributed by atoms with van der Waals surface area (Å²) in [6, 6.07) is 12.7. The van der Waals surface area contributed by atoms with Gasteiger partial charge in [0.25, 0.3) is 0 Å². The highest BCUT2D eigenvalue weighted by Crippen LogP contribution is 2.15. The lowest BCUT2D eigenvalue weighted by Gasteiger charge is -2.07. The Morgan fingerprint density at radius 3 is 2.67 bits per heavy atom. The molecule has 2 aromatic rings. The molecular formula is C14H12BrClFN. The maximum atomic E-state index is 13.5. The van der Waals surface area contributed by atoms with Gasteiger partial charge in [0, 0.05) is 28.1 Å². The van der Waals surface area contributed by atoms with Gasteiger partial charge in [-0.05, 0) is 29.8 Å². The third kappa shape index (κ3) is 3.80. The van der Waals surface area contributed by atoms with E-state index in [4.69, 9.17) is 11.6 Å². The summed E-state index contributed by atoms with van der Waals surface area (Å²) in [6.07, 6.45) is 0. The molecule has 0 aliphatic heterocycles. The molecular weight excluding hydrogens is 317 g/mol. The predicted octanol–water partition coefficient (Wildman–Crippen LogP) is 4.53. The molecule has 0 saturated carbocycles. The van der Waals surface area contributed by atoms with Crippen LogP contribution < -0.4 is 5.32 Å². The van der Waals surface area contributed by atoms with Gasteiger partial charge < -0.3 is 5.32 Å². The summed E-state index contributed by atoms with van der Waals surface area (Å²) in [7, 11) is 0. The van der Waals surface area contributed by atoms with Crippen molar-refractivity contribution in [3.8, 4) is 0 Å². The fraction of sp³-hybridized carbons (Fsp3) is 0.143. The van der Waals surface area contributed by atoms with Gasteiger partial charge in [-0.2, -0.15) is 0 Å². The van der Waals surface area contributed by atoms with Crippen LogP contribution in [0.4, 0.5) is 4.39 Å². The molecule has 0 saturated heterocycles. The Morgan fingerprint density at radius 1 is 1.11 bits per heavy atom. The molecule has 0 radical (unpaired) electrons. The topological polar surface area (TPSA) is 12.0 Å². The average molecular weight is 329 g/mol. The number of hydrogen-bond acceptors (Lipinski definition) is 1. The van der Waals surface area contributed by atoms with Gasteiger partial charge in [-0.1, -0.05) is 45.7 Å². The van der Waals surface area contributed by atoms with Crippen molar-refractivity contribution in [1.29, 1.82) is 0 Å². The maximum Gasteiger partial charge on any atom is 0.129 e. The van der Waals surface area contributed by atoms with Crippen LogP contribution in [0.15, 0.2) is 46.9 Å². The summed E-state index contributed by atoms with van der Waals surface area (Å²) < 4.78 is 14.5. The van der Waals surface area contributed by atoms with Crippen molar-refractivity contribution in [2.75, 3.05) is 0 Å². The van der Waals surface area contributed by atoms with Gasteiger partial charge in [-0.25, -0.2) is 4.39 Å². The minimum atomic E-state index is -0.274. The van der Waals surface area contributed by atoms with Gasteiger partial charge in [0.05, 0.1) is 0 Å². The molecule has 0 aliphatic rings. The van der Waals surface area contributed by atoms with Crippen molar-refractivity contribution in [3.05, 3.63) is 68.9 Å². The third-order valence-corrected chi connectivity index (χ3v) is 3.28. The molecule has 0 heterocycles. The van der Waals surface area contributed by atoms with E-state index in [9.17, 15) is 4.39 Å². The highest BCUT2D eigenvalue weighted by atomic mass is 79.9. The van der Waals surface area contributed by atoms with Gasteiger partial charge in [0.2, 0.25) is 0 Å². The largest absolute Gasteiger partial charge is 0.309 e. The van der Waals surface area contributed by atoms with Gasteiger partial charge in [-0.15, -0.1) is 0 Å². The molecule has 0 aromatic heterocycles. The zero-order chi connectivity index (χ0) is 13.0. The van der Waals surface area contributed by atoms with E-state index < -0.39 is 0 Å². The van der Waals surface area contributed by atoms with Crippen LogP contribution in [0.25, 0.3) is 0 Å². The Labute approximate surface area is 119 Å². The molecule has 18 heavy (non-hydrogen) atoms. The Bertz CT molecular complexity index is 545. The van der Waals surface area contributed by atoms with Crippen LogP contribution in [0.1, 0.15) is 11.1 Å². The standard InChI is InChI=1S/C14H12BrClFN/c15-12-3-1-2-10(6-12)8-18-9-11-4-5-13(16)7-14(11)17/h1-7,18H,8-9H2. The highest BCUT2D eigenvalue weighted by Gasteiger charge is 2.02. The summed E-state index contributed by atoms with van der Waals surface area (Å²) in [6.45, 7) is 1.18. The number of hydrogen-bond donors (Lipinski definition) is 1. The third-order valence-electron chi connectivity index (χ3n) is 2.55. The van der Waals surface area contributed by atoms with E-state index in [0.717, 1.165) is 10.0 Å². The second-order valence-corrected chi connectivity index (χ2v) is 5.32. The molecule has 0 spiro atoms. The van der Waals surface area contributed by atoms with Crippen LogP contribution in [0.2, 0.25) is 5.02 Å². The number of nitrogens with one attached hydrogen (secondary N) is 1. The summed E-state index contributed by atoms with van der Waals surface area (Å²) in [5.41, 5.74) is 1.77. The minimum Gasteiger partial charge on any atom is -0.309 e. The minimum absolute atomic E-state index is 0.274. The molecule has 0 aliphatic carbocycles. The first-order valence-electron chi connectivity index (χ1n) is 5.54. The first-order chi connectivity index (χ1) is 8.65. The predicted molar refractivity (Wildman–Crippen MR) is 76.1 cm³/mol. The molecule has 94 valence electrons. The van der Waals surface area contributed by atoms with Crippen LogP contribution >= 0.6 is 27.5 Å². The van der Waals surface area contributed by atoms with E-state index >= 15 is 0 Å². The van der Waals surface area contributed by atoms with Crippen molar-refractivity contribution in [1.82, 2.24) is 5.32 Å². The number of rotatable bonds is 4. The molecule has 2 aromatic carbocycles. The monoisotopic (exact) mass is 327 g/mol. The van der Waals surface area contributed by atoms with E-state index in [1.54, 1.807) is 12.1 Å². The normalized spacial score (nSPS) is 10.6. The molecule has 0 bridgehead atoms. The molecule has 0 amide bonds. The quantitative estimate of drug-likeness (QED) is 0.869. The lowest BCUT2D eigenvalue weighted by atomic mass is 10.2. The Kier molecular flexibility index (Phi) is 4.75. The van der Waals surface area contributed by atoms with Gasteiger partial charge in [0.15, 0.2) is 0 Å². The lowest BCUT2D eigenvalue weighted by Crippen LogP contribution is -2.13. The average Bonchev–Trinajstić information content (AvgIpc) is 2.32. The maximum absolute atomic E-state index is 13.5. The number of halogens is 3. The van der Waals surface area contributed by atoms with Gasteiger partial charge in [0.1, 0.15) is 5.82 Å². The Morgan fingerprint density at radius 2 is 1.94 bits per heavy atom. The van der Waals surface area contributed by atoms with Crippen molar-refractivity contribution in [3.63, 3.8) is 0 Å². The molecule has 0 atom stereocenters. The van der Waals surface area contributed by atoms with Crippen molar-refractivity contribution in [2.45, 2.75) is 13.1 Å². The van der Waals surface area contributed by atoms with Crippen molar-refractivity contribution >= 4 is 27.5 Å². The molecule has 2 rings (SSSR count). The van der Waals surface area contributed by atoms with Gasteiger partial charge >= 0.3 is 0 Å². The van der Waals surface area contributed by atoms with Crippen LogP contribution in [-0.4, -0.2) is 0 Å². The molecule has 1 N–H and O–H groups in total.